The number of carbonyl (C=O) groups excluding carboxylic acids is 3. The fraction of sp³-hybridized carbons (Fsp3) is 0.562. The van der Waals surface area contributed by atoms with Crippen LogP contribution in [0.5, 0.6) is 0 Å². The zero-order valence-corrected chi connectivity index (χ0v) is 12.8. The molecule has 0 saturated carbocycles. The van der Waals surface area contributed by atoms with Crippen LogP contribution < -0.4 is 0 Å². The first-order valence-corrected chi connectivity index (χ1v) is 6.94. The summed E-state index contributed by atoms with van der Waals surface area (Å²) in [7, 11) is 2.69. The van der Waals surface area contributed by atoms with Crippen molar-refractivity contribution in [2.45, 2.75) is 26.7 Å². The smallest absolute Gasteiger partial charge is 0.306 e. The first-order valence-electron chi connectivity index (χ1n) is 6.94. The molecular weight excluding hydrogens is 272 g/mol. The van der Waals surface area contributed by atoms with Crippen molar-refractivity contribution in [2.75, 3.05) is 14.2 Å². The van der Waals surface area contributed by atoms with Crippen molar-refractivity contribution in [2.24, 2.45) is 17.3 Å². The molecule has 2 aliphatic rings. The highest BCUT2D eigenvalue weighted by Gasteiger charge is 2.55. The SMILES string of the molecule is COC(=O)CC1C(C)=CCC2C(=O)C=C(OC)C(=O)C21C. The van der Waals surface area contributed by atoms with E-state index in [0.29, 0.717) is 6.42 Å². The predicted octanol–water partition coefficient (Wildman–Crippen LogP) is 1.82. The molecule has 3 unspecified atom stereocenters. The van der Waals surface area contributed by atoms with Gasteiger partial charge in [-0.05, 0) is 13.3 Å². The van der Waals surface area contributed by atoms with Crippen molar-refractivity contribution in [1.82, 2.24) is 0 Å². The lowest BCUT2D eigenvalue weighted by Gasteiger charge is -2.46. The maximum atomic E-state index is 12.8. The third-order valence-corrected chi connectivity index (χ3v) is 4.82. The van der Waals surface area contributed by atoms with Crippen LogP contribution in [-0.4, -0.2) is 31.8 Å². The monoisotopic (exact) mass is 292 g/mol. The summed E-state index contributed by atoms with van der Waals surface area (Å²) in [5, 5.41) is 0. The molecule has 0 aromatic carbocycles. The topological polar surface area (TPSA) is 69.7 Å². The minimum absolute atomic E-state index is 0.0725. The molecule has 3 atom stereocenters. The summed E-state index contributed by atoms with van der Waals surface area (Å²) in [6.45, 7) is 3.64. The highest BCUT2D eigenvalue weighted by atomic mass is 16.5. The highest BCUT2D eigenvalue weighted by Crippen LogP contribution is 2.51. The molecule has 5 nitrogen and oxygen atoms in total. The molecule has 0 N–H and O–H groups in total. The fourth-order valence-corrected chi connectivity index (χ4v) is 3.47. The van der Waals surface area contributed by atoms with Crippen LogP contribution >= 0.6 is 0 Å². The van der Waals surface area contributed by atoms with Crippen molar-refractivity contribution < 1.29 is 23.9 Å². The van der Waals surface area contributed by atoms with Gasteiger partial charge in [-0.25, -0.2) is 0 Å². The van der Waals surface area contributed by atoms with E-state index in [1.54, 1.807) is 6.92 Å². The number of allylic oxidation sites excluding steroid dienone is 4. The van der Waals surface area contributed by atoms with Gasteiger partial charge in [0.15, 0.2) is 11.5 Å². The Morgan fingerprint density at radius 1 is 1.38 bits per heavy atom. The van der Waals surface area contributed by atoms with Crippen LogP contribution in [0.3, 0.4) is 0 Å². The van der Waals surface area contributed by atoms with Gasteiger partial charge in [0, 0.05) is 17.9 Å². The van der Waals surface area contributed by atoms with Crippen molar-refractivity contribution >= 4 is 17.5 Å². The van der Waals surface area contributed by atoms with Gasteiger partial charge in [0.05, 0.1) is 26.1 Å². The maximum absolute atomic E-state index is 12.8. The Balaban J connectivity index is 2.50. The van der Waals surface area contributed by atoms with Crippen molar-refractivity contribution in [3.8, 4) is 0 Å². The first-order chi connectivity index (χ1) is 9.86. The maximum Gasteiger partial charge on any atom is 0.306 e. The molecule has 0 radical (unpaired) electrons. The first kappa shape index (κ1) is 15.5. The number of rotatable bonds is 3. The predicted molar refractivity (Wildman–Crippen MR) is 75.2 cm³/mol. The van der Waals surface area contributed by atoms with Gasteiger partial charge >= 0.3 is 5.97 Å². The number of methoxy groups -OCH3 is 2. The van der Waals surface area contributed by atoms with Crippen molar-refractivity contribution in [3.63, 3.8) is 0 Å². The molecule has 0 aromatic heterocycles. The van der Waals surface area contributed by atoms with E-state index in [-0.39, 0.29) is 35.6 Å². The summed E-state index contributed by atoms with van der Waals surface area (Å²) in [4.78, 5) is 36.8. The van der Waals surface area contributed by atoms with Crippen LogP contribution in [0.25, 0.3) is 0 Å². The van der Waals surface area contributed by atoms with Crippen LogP contribution in [0.1, 0.15) is 26.7 Å². The number of ether oxygens (including phenoxy) is 2. The van der Waals surface area contributed by atoms with Crippen molar-refractivity contribution in [1.29, 1.82) is 0 Å². The largest absolute Gasteiger partial charge is 0.493 e. The molecule has 114 valence electrons. The molecule has 21 heavy (non-hydrogen) atoms. The second kappa shape index (κ2) is 5.47. The van der Waals surface area contributed by atoms with Gasteiger partial charge in [0.1, 0.15) is 0 Å². The number of ketones is 2. The molecular formula is C16H20O5. The van der Waals surface area contributed by atoms with E-state index >= 15 is 0 Å². The standard InChI is InChI=1S/C16H20O5/c1-9-5-6-10-12(17)8-13(20-3)15(19)16(10,2)11(9)7-14(18)21-4/h5,8,10-11H,6-7H2,1-4H3. The van der Waals surface area contributed by atoms with E-state index < -0.39 is 11.3 Å². The average Bonchev–Trinajstić information content (AvgIpc) is 2.46. The van der Waals surface area contributed by atoms with E-state index in [1.165, 1.54) is 20.3 Å². The number of Topliss-reactive ketones (excluding diaryl/α,β-unsaturated/α-hetero) is 1. The zero-order chi connectivity index (χ0) is 15.8. The van der Waals surface area contributed by atoms with Crippen LogP contribution in [0, 0.1) is 17.3 Å². The normalized spacial score (nSPS) is 32.0. The molecule has 2 rings (SSSR count). The molecule has 0 amide bonds. The second-order valence-corrected chi connectivity index (χ2v) is 5.80. The molecule has 0 fully saturated rings. The Kier molecular flexibility index (Phi) is 4.03. The molecule has 0 spiro atoms. The van der Waals surface area contributed by atoms with Gasteiger partial charge in [-0.3, -0.25) is 14.4 Å². The minimum Gasteiger partial charge on any atom is -0.493 e. The Labute approximate surface area is 124 Å². The summed E-state index contributed by atoms with van der Waals surface area (Å²) in [6.07, 6.45) is 3.81. The number of hydrogen-bond donors (Lipinski definition) is 0. The van der Waals surface area contributed by atoms with E-state index in [9.17, 15) is 14.4 Å². The molecule has 0 heterocycles. The number of hydrogen-bond acceptors (Lipinski definition) is 5. The molecule has 0 saturated heterocycles. The van der Waals surface area contributed by atoms with Gasteiger partial charge in [0.25, 0.3) is 0 Å². The second-order valence-electron chi connectivity index (χ2n) is 5.80. The average molecular weight is 292 g/mol. The molecule has 5 heteroatoms. The quantitative estimate of drug-likeness (QED) is 0.586. The lowest BCUT2D eigenvalue weighted by atomic mass is 9.55. The van der Waals surface area contributed by atoms with Crippen LogP contribution in [0.2, 0.25) is 0 Å². The van der Waals surface area contributed by atoms with E-state index in [2.05, 4.69) is 0 Å². The summed E-state index contributed by atoms with van der Waals surface area (Å²) >= 11 is 0. The molecule has 0 aliphatic heterocycles. The number of carbonyl (C=O) groups is 3. The summed E-state index contributed by atoms with van der Waals surface area (Å²) < 4.78 is 9.79. The van der Waals surface area contributed by atoms with E-state index in [4.69, 9.17) is 9.47 Å². The Morgan fingerprint density at radius 3 is 2.62 bits per heavy atom. The third-order valence-electron chi connectivity index (χ3n) is 4.82. The zero-order valence-electron chi connectivity index (χ0n) is 12.8. The Morgan fingerprint density at radius 2 is 2.05 bits per heavy atom. The lowest BCUT2D eigenvalue weighted by molar-refractivity contribution is -0.148. The molecule has 2 aliphatic carbocycles. The number of esters is 1. The lowest BCUT2D eigenvalue weighted by Crippen LogP contribution is -2.51. The van der Waals surface area contributed by atoms with E-state index in [1.807, 2.05) is 13.0 Å². The van der Waals surface area contributed by atoms with Gasteiger partial charge in [-0.15, -0.1) is 0 Å². The van der Waals surface area contributed by atoms with Gasteiger partial charge < -0.3 is 9.47 Å². The minimum atomic E-state index is -0.954. The summed E-state index contributed by atoms with van der Waals surface area (Å²) in [5.41, 5.74) is -0.0119. The van der Waals surface area contributed by atoms with Gasteiger partial charge in [0.2, 0.25) is 5.78 Å². The van der Waals surface area contributed by atoms with E-state index in [0.717, 1.165) is 5.57 Å². The Bertz CT molecular complexity index is 557. The van der Waals surface area contributed by atoms with Gasteiger partial charge in [-0.1, -0.05) is 18.6 Å². The van der Waals surface area contributed by atoms with Crippen LogP contribution in [-0.2, 0) is 23.9 Å². The van der Waals surface area contributed by atoms with Crippen LogP contribution in [0.15, 0.2) is 23.5 Å². The van der Waals surface area contributed by atoms with Gasteiger partial charge in [-0.2, -0.15) is 0 Å². The fourth-order valence-electron chi connectivity index (χ4n) is 3.47. The van der Waals surface area contributed by atoms with Crippen LogP contribution in [0.4, 0.5) is 0 Å². The Hall–Kier alpha value is -1.91. The molecule has 0 bridgehead atoms. The molecule has 0 aromatic rings. The van der Waals surface area contributed by atoms with Crippen molar-refractivity contribution in [3.05, 3.63) is 23.5 Å². The number of fused-ring (bicyclic) bond motifs is 1. The summed E-state index contributed by atoms with van der Waals surface area (Å²) in [5.74, 6) is -1.43. The highest BCUT2D eigenvalue weighted by molar-refractivity contribution is 6.12. The summed E-state index contributed by atoms with van der Waals surface area (Å²) in [6, 6.07) is 0. The third kappa shape index (κ3) is 2.30.